The van der Waals surface area contributed by atoms with Gasteiger partial charge in [-0.2, -0.15) is 5.10 Å². The first kappa shape index (κ1) is 15.1. The second-order valence-electron chi connectivity index (χ2n) is 5.13. The van der Waals surface area contributed by atoms with Gasteiger partial charge in [0.25, 0.3) is 0 Å². The molecule has 0 saturated heterocycles. The molecule has 0 radical (unpaired) electrons. The maximum atomic E-state index is 9.18. The molecule has 1 aromatic carbocycles. The fourth-order valence-corrected chi connectivity index (χ4v) is 2.53. The molecule has 4 nitrogen and oxygen atoms in total. The Hall–Kier alpha value is -2.85. The summed E-state index contributed by atoms with van der Waals surface area (Å²) < 4.78 is 7.56. The number of aliphatic hydroxyl groups is 1. The molecule has 23 heavy (non-hydrogen) atoms. The van der Waals surface area contributed by atoms with Crippen LogP contribution in [-0.4, -0.2) is 14.9 Å². The predicted molar refractivity (Wildman–Crippen MR) is 91.8 cm³/mol. The number of hydrogen-bond acceptors (Lipinski definition) is 3. The maximum Gasteiger partial charge on any atom is 0.155 e. The highest BCUT2D eigenvalue weighted by atomic mass is 16.4. The van der Waals surface area contributed by atoms with Crippen molar-refractivity contribution in [1.29, 1.82) is 0 Å². The minimum absolute atomic E-state index is 0.124. The van der Waals surface area contributed by atoms with Crippen molar-refractivity contribution in [3.63, 3.8) is 0 Å². The zero-order valence-corrected chi connectivity index (χ0v) is 12.8. The average Bonchev–Trinajstić information content (AvgIpc) is 3.19. The van der Waals surface area contributed by atoms with E-state index in [9.17, 15) is 5.11 Å². The van der Waals surface area contributed by atoms with E-state index in [-0.39, 0.29) is 6.61 Å². The van der Waals surface area contributed by atoms with Gasteiger partial charge in [0.2, 0.25) is 0 Å². The summed E-state index contributed by atoms with van der Waals surface area (Å²) in [5.41, 5.74) is 2.80. The summed E-state index contributed by atoms with van der Waals surface area (Å²) in [4.78, 5) is 0. The third kappa shape index (κ3) is 2.89. The van der Waals surface area contributed by atoms with Gasteiger partial charge < -0.3 is 9.52 Å². The highest BCUT2D eigenvalue weighted by Crippen LogP contribution is 2.29. The number of nitrogens with zero attached hydrogens (tertiary/aromatic N) is 2. The molecule has 116 valence electrons. The highest BCUT2D eigenvalue weighted by molar-refractivity contribution is 5.92. The SMILES string of the molecule is C=C/C=C(\C=C)Cn1nc(-c2ccc(CO)o2)c2ccccc21. The van der Waals surface area contributed by atoms with Crippen molar-refractivity contribution in [2.75, 3.05) is 0 Å². The van der Waals surface area contributed by atoms with Crippen LogP contribution in [0.5, 0.6) is 0 Å². The summed E-state index contributed by atoms with van der Waals surface area (Å²) in [5, 5.41) is 14.9. The topological polar surface area (TPSA) is 51.2 Å². The summed E-state index contributed by atoms with van der Waals surface area (Å²) in [6, 6.07) is 11.6. The second-order valence-corrected chi connectivity index (χ2v) is 5.13. The quantitative estimate of drug-likeness (QED) is 0.698. The van der Waals surface area contributed by atoms with E-state index in [1.165, 1.54) is 0 Å². The standard InChI is InChI=1S/C19H18N2O2/c1-3-7-14(4-2)12-21-17-9-6-5-8-16(17)19(20-21)18-11-10-15(13-22)23-18/h3-11,22H,1-2,12-13H2/b14-7+. The first-order chi connectivity index (χ1) is 11.3. The van der Waals surface area contributed by atoms with E-state index < -0.39 is 0 Å². The van der Waals surface area contributed by atoms with Crippen molar-refractivity contribution in [3.8, 4) is 11.5 Å². The van der Waals surface area contributed by atoms with E-state index in [2.05, 4.69) is 13.2 Å². The van der Waals surface area contributed by atoms with Gasteiger partial charge in [-0.15, -0.1) is 0 Å². The molecular weight excluding hydrogens is 288 g/mol. The van der Waals surface area contributed by atoms with Gasteiger partial charge in [-0.05, 0) is 23.8 Å². The normalized spacial score (nSPS) is 11.8. The number of aliphatic hydroxyl groups excluding tert-OH is 1. The molecule has 3 aromatic rings. The molecule has 0 saturated carbocycles. The van der Waals surface area contributed by atoms with Crippen molar-refractivity contribution >= 4 is 10.9 Å². The molecule has 0 bridgehead atoms. The van der Waals surface area contributed by atoms with Crippen molar-refractivity contribution in [3.05, 3.63) is 79.1 Å². The van der Waals surface area contributed by atoms with Crippen LogP contribution in [0.25, 0.3) is 22.4 Å². The van der Waals surface area contributed by atoms with Crippen molar-refractivity contribution in [2.45, 2.75) is 13.2 Å². The summed E-state index contributed by atoms with van der Waals surface area (Å²) in [6.07, 6.45) is 5.46. The summed E-state index contributed by atoms with van der Waals surface area (Å²) in [5.74, 6) is 1.17. The Morgan fingerprint density at radius 3 is 2.74 bits per heavy atom. The van der Waals surface area contributed by atoms with Crippen LogP contribution in [0.1, 0.15) is 5.76 Å². The molecule has 4 heteroatoms. The maximum absolute atomic E-state index is 9.18. The lowest BCUT2D eigenvalue weighted by molar-refractivity contribution is 0.248. The molecular formula is C19H18N2O2. The van der Waals surface area contributed by atoms with E-state index >= 15 is 0 Å². The number of rotatable bonds is 6. The fourth-order valence-electron chi connectivity index (χ4n) is 2.53. The number of para-hydroxylation sites is 1. The fraction of sp³-hybridized carbons (Fsp3) is 0.105. The van der Waals surface area contributed by atoms with E-state index in [0.717, 1.165) is 22.2 Å². The summed E-state index contributed by atoms with van der Waals surface area (Å²) in [6.45, 7) is 8.03. The molecule has 0 amide bonds. The Morgan fingerprint density at radius 2 is 2.04 bits per heavy atom. The summed E-state index contributed by atoms with van der Waals surface area (Å²) in [7, 11) is 0. The molecule has 0 aliphatic carbocycles. The second kappa shape index (κ2) is 6.50. The van der Waals surface area contributed by atoms with E-state index in [4.69, 9.17) is 9.52 Å². The summed E-state index contributed by atoms with van der Waals surface area (Å²) >= 11 is 0. The molecule has 2 aromatic heterocycles. The zero-order chi connectivity index (χ0) is 16.2. The van der Waals surface area contributed by atoms with Crippen molar-refractivity contribution in [2.24, 2.45) is 0 Å². The predicted octanol–water partition coefficient (Wildman–Crippen LogP) is 4.09. The molecule has 0 unspecified atom stereocenters. The Bertz CT molecular complexity index is 884. The van der Waals surface area contributed by atoms with Crippen LogP contribution < -0.4 is 0 Å². The number of aromatic nitrogens is 2. The van der Waals surface area contributed by atoms with Gasteiger partial charge in [-0.25, -0.2) is 0 Å². The Balaban J connectivity index is 2.11. The molecule has 2 heterocycles. The van der Waals surface area contributed by atoms with Crippen molar-refractivity contribution < 1.29 is 9.52 Å². The smallest absolute Gasteiger partial charge is 0.155 e. The number of allylic oxidation sites excluding steroid dienone is 4. The lowest BCUT2D eigenvalue weighted by Crippen LogP contribution is -2.01. The largest absolute Gasteiger partial charge is 0.457 e. The van der Waals surface area contributed by atoms with Crippen molar-refractivity contribution in [1.82, 2.24) is 9.78 Å². The Kier molecular flexibility index (Phi) is 4.26. The molecule has 0 fully saturated rings. The van der Waals surface area contributed by atoms with Crippen LogP contribution in [0.15, 0.2) is 77.8 Å². The van der Waals surface area contributed by atoms with Gasteiger partial charge in [-0.1, -0.05) is 49.6 Å². The van der Waals surface area contributed by atoms with Crippen LogP contribution in [0.4, 0.5) is 0 Å². The number of hydrogen-bond donors (Lipinski definition) is 1. The molecule has 1 N–H and O–H groups in total. The van der Waals surface area contributed by atoms with Gasteiger partial charge in [0.1, 0.15) is 18.1 Å². The van der Waals surface area contributed by atoms with Gasteiger partial charge in [-0.3, -0.25) is 4.68 Å². The monoisotopic (exact) mass is 306 g/mol. The van der Waals surface area contributed by atoms with Crippen LogP contribution in [0.3, 0.4) is 0 Å². The lowest BCUT2D eigenvalue weighted by Gasteiger charge is -2.03. The molecule has 3 rings (SSSR count). The van der Waals surface area contributed by atoms with Gasteiger partial charge in [0.05, 0.1) is 12.1 Å². The van der Waals surface area contributed by atoms with Crippen LogP contribution in [0.2, 0.25) is 0 Å². The number of fused-ring (bicyclic) bond motifs is 1. The van der Waals surface area contributed by atoms with Gasteiger partial charge >= 0.3 is 0 Å². The third-order valence-corrected chi connectivity index (χ3v) is 3.64. The van der Waals surface area contributed by atoms with E-state index in [0.29, 0.717) is 18.1 Å². The van der Waals surface area contributed by atoms with Crippen LogP contribution in [0, 0.1) is 0 Å². The minimum atomic E-state index is -0.124. The zero-order valence-electron chi connectivity index (χ0n) is 12.8. The first-order valence-corrected chi connectivity index (χ1v) is 7.36. The molecule has 0 spiro atoms. The number of benzene rings is 1. The van der Waals surface area contributed by atoms with Crippen LogP contribution in [-0.2, 0) is 13.2 Å². The Morgan fingerprint density at radius 1 is 1.22 bits per heavy atom. The molecule has 0 atom stereocenters. The lowest BCUT2D eigenvalue weighted by atomic mass is 10.2. The highest BCUT2D eigenvalue weighted by Gasteiger charge is 2.15. The Labute approximate surface area is 134 Å². The van der Waals surface area contributed by atoms with Gasteiger partial charge in [0, 0.05) is 5.39 Å². The average molecular weight is 306 g/mol. The molecule has 0 aliphatic heterocycles. The van der Waals surface area contributed by atoms with E-state index in [1.807, 2.05) is 41.1 Å². The number of furan rings is 1. The molecule has 0 aliphatic rings. The van der Waals surface area contributed by atoms with Crippen LogP contribution >= 0.6 is 0 Å². The van der Waals surface area contributed by atoms with E-state index in [1.54, 1.807) is 18.2 Å². The third-order valence-electron chi connectivity index (χ3n) is 3.64. The van der Waals surface area contributed by atoms with Gasteiger partial charge in [0.15, 0.2) is 5.76 Å². The minimum Gasteiger partial charge on any atom is -0.457 e. The first-order valence-electron chi connectivity index (χ1n) is 7.36.